The molecule has 0 bridgehead atoms. The van der Waals surface area contributed by atoms with Crippen LogP contribution in [0.1, 0.15) is 42.3 Å². The maximum atomic E-state index is 12.7. The van der Waals surface area contributed by atoms with Gasteiger partial charge in [-0.25, -0.2) is 0 Å². The second-order valence-electron chi connectivity index (χ2n) is 7.63. The number of rotatable bonds is 5. The fourth-order valence-corrected chi connectivity index (χ4v) is 3.78. The average molecular weight is 452 g/mol. The van der Waals surface area contributed by atoms with E-state index in [0.29, 0.717) is 16.6 Å². The Kier molecular flexibility index (Phi) is 6.90. The minimum absolute atomic E-state index is 0.0218. The Hall–Kier alpha value is -3.00. The number of carbonyl (C=O) groups is 1. The van der Waals surface area contributed by atoms with E-state index < -0.39 is 5.91 Å². The number of anilines is 1. The smallest absolute Gasteiger partial charge is 0.266 e. The summed E-state index contributed by atoms with van der Waals surface area (Å²) in [5.41, 5.74) is 5.40. The fraction of sp³-hybridized carbons (Fsp3) is 0.200. The zero-order valence-corrected chi connectivity index (χ0v) is 19.3. The Morgan fingerprint density at radius 2 is 1.81 bits per heavy atom. The third kappa shape index (κ3) is 4.85. The molecule has 0 aliphatic carbocycles. The summed E-state index contributed by atoms with van der Waals surface area (Å²) in [5.74, 6) is -0.0816. The molecule has 1 heterocycles. The van der Waals surface area contributed by atoms with Gasteiger partial charge in [0.25, 0.3) is 5.91 Å². The Morgan fingerprint density at radius 1 is 1.13 bits per heavy atom. The minimum atomic E-state index is -0.544. The molecule has 0 aliphatic heterocycles. The summed E-state index contributed by atoms with van der Waals surface area (Å²) >= 11 is 12.1. The zero-order chi connectivity index (χ0) is 22.7. The first-order valence-electron chi connectivity index (χ1n) is 9.89. The maximum absolute atomic E-state index is 12.7. The Bertz CT molecular complexity index is 1200. The van der Waals surface area contributed by atoms with E-state index in [1.54, 1.807) is 24.3 Å². The van der Waals surface area contributed by atoms with Crippen molar-refractivity contribution in [1.82, 2.24) is 4.57 Å². The first-order chi connectivity index (χ1) is 14.7. The summed E-state index contributed by atoms with van der Waals surface area (Å²) in [4.78, 5) is 12.7. The fourth-order valence-electron chi connectivity index (χ4n) is 3.43. The molecule has 0 unspecified atom stereocenters. The van der Waals surface area contributed by atoms with Gasteiger partial charge in [0.1, 0.15) is 11.6 Å². The number of aryl methyl sites for hydroxylation is 1. The van der Waals surface area contributed by atoms with Crippen molar-refractivity contribution in [3.8, 4) is 11.8 Å². The molecule has 0 aliphatic rings. The number of benzene rings is 2. The molecular formula is C25H23Cl2N3O. The standard InChI is InChI=1S/C25H23Cl2N3O/c1-15(2)18-8-10-21(11-9-18)30-16(3)12-19(17(30)4)13-20(14-28)25(31)29-23-7-5-6-22(26)24(23)27/h5-13,15H,1-4H3,(H,29,31)/b20-13-. The molecule has 31 heavy (non-hydrogen) atoms. The summed E-state index contributed by atoms with van der Waals surface area (Å²) in [6.07, 6.45) is 1.59. The highest BCUT2D eigenvalue weighted by molar-refractivity contribution is 6.44. The van der Waals surface area contributed by atoms with Gasteiger partial charge in [0, 0.05) is 17.1 Å². The largest absolute Gasteiger partial charge is 0.320 e. The number of nitrogens with one attached hydrogen (secondary N) is 1. The summed E-state index contributed by atoms with van der Waals surface area (Å²) in [7, 11) is 0. The van der Waals surface area contributed by atoms with Crippen LogP contribution < -0.4 is 5.32 Å². The van der Waals surface area contributed by atoms with Crippen LogP contribution in [0.3, 0.4) is 0 Å². The first kappa shape index (κ1) is 22.7. The Morgan fingerprint density at radius 3 is 2.42 bits per heavy atom. The second kappa shape index (κ2) is 9.43. The van der Waals surface area contributed by atoms with Crippen molar-refractivity contribution >= 4 is 40.9 Å². The van der Waals surface area contributed by atoms with E-state index in [1.807, 2.05) is 26.0 Å². The van der Waals surface area contributed by atoms with Gasteiger partial charge in [0.2, 0.25) is 0 Å². The van der Waals surface area contributed by atoms with Gasteiger partial charge in [-0.2, -0.15) is 5.26 Å². The predicted molar refractivity (Wildman–Crippen MR) is 128 cm³/mol. The first-order valence-corrected chi connectivity index (χ1v) is 10.6. The van der Waals surface area contributed by atoms with Crippen LogP contribution in [0.15, 0.2) is 54.1 Å². The molecule has 2 aromatic carbocycles. The van der Waals surface area contributed by atoms with Crippen LogP contribution >= 0.6 is 23.2 Å². The number of hydrogen-bond donors (Lipinski definition) is 1. The van der Waals surface area contributed by atoms with Gasteiger partial charge in [-0.1, -0.05) is 55.2 Å². The molecule has 0 saturated heterocycles. The van der Waals surface area contributed by atoms with Gasteiger partial charge in [-0.05, 0) is 67.3 Å². The van der Waals surface area contributed by atoms with E-state index in [0.717, 1.165) is 22.6 Å². The van der Waals surface area contributed by atoms with E-state index in [1.165, 1.54) is 5.56 Å². The van der Waals surface area contributed by atoms with Gasteiger partial charge in [0.05, 0.1) is 15.7 Å². The lowest BCUT2D eigenvalue weighted by atomic mass is 10.0. The molecular weight excluding hydrogens is 429 g/mol. The number of halogens is 2. The molecule has 6 heteroatoms. The lowest BCUT2D eigenvalue weighted by Crippen LogP contribution is -2.13. The molecule has 0 atom stereocenters. The molecule has 3 rings (SSSR count). The molecule has 1 N–H and O–H groups in total. The van der Waals surface area contributed by atoms with Crippen molar-refractivity contribution in [3.63, 3.8) is 0 Å². The Balaban J connectivity index is 1.93. The van der Waals surface area contributed by atoms with Crippen LogP contribution in [0.2, 0.25) is 10.0 Å². The molecule has 1 amide bonds. The van der Waals surface area contributed by atoms with Crippen molar-refractivity contribution in [2.75, 3.05) is 5.32 Å². The zero-order valence-electron chi connectivity index (χ0n) is 17.8. The molecule has 3 aromatic rings. The topological polar surface area (TPSA) is 57.8 Å². The molecule has 0 radical (unpaired) electrons. The van der Waals surface area contributed by atoms with E-state index in [-0.39, 0.29) is 10.6 Å². The average Bonchev–Trinajstić information content (AvgIpc) is 3.02. The van der Waals surface area contributed by atoms with Gasteiger partial charge in [-0.3, -0.25) is 4.79 Å². The SMILES string of the molecule is Cc1cc(/C=C(/C#N)C(=O)Nc2cccc(Cl)c2Cl)c(C)n1-c1ccc(C(C)C)cc1. The van der Waals surface area contributed by atoms with E-state index in [2.05, 4.69) is 48.0 Å². The normalized spacial score (nSPS) is 11.5. The van der Waals surface area contributed by atoms with E-state index in [9.17, 15) is 10.1 Å². The number of amides is 1. The van der Waals surface area contributed by atoms with Crippen molar-refractivity contribution in [2.24, 2.45) is 0 Å². The highest BCUT2D eigenvalue weighted by Crippen LogP contribution is 2.30. The highest BCUT2D eigenvalue weighted by atomic mass is 35.5. The van der Waals surface area contributed by atoms with Crippen LogP contribution in [-0.2, 0) is 4.79 Å². The van der Waals surface area contributed by atoms with E-state index in [4.69, 9.17) is 23.2 Å². The summed E-state index contributed by atoms with van der Waals surface area (Å²) in [5, 5.41) is 12.8. The van der Waals surface area contributed by atoms with Crippen molar-refractivity contribution < 1.29 is 4.79 Å². The molecule has 0 fully saturated rings. The summed E-state index contributed by atoms with van der Waals surface area (Å²) < 4.78 is 2.11. The number of nitriles is 1. The summed E-state index contributed by atoms with van der Waals surface area (Å²) in [6.45, 7) is 8.29. The number of nitrogens with zero attached hydrogens (tertiary/aromatic N) is 2. The highest BCUT2D eigenvalue weighted by Gasteiger charge is 2.16. The van der Waals surface area contributed by atoms with Gasteiger partial charge in [-0.15, -0.1) is 0 Å². The third-order valence-electron chi connectivity index (χ3n) is 5.15. The van der Waals surface area contributed by atoms with E-state index >= 15 is 0 Å². The van der Waals surface area contributed by atoms with Crippen LogP contribution in [-0.4, -0.2) is 10.5 Å². The third-order valence-corrected chi connectivity index (χ3v) is 5.97. The number of aromatic nitrogens is 1. The molecule has 4 nitrogen and oxygen atoms in total. The molecule has 158 valence electrons. The molecule has 1 aromatic heterocycles. The van der Waals surface area contributed by atoms with Crippen molar-refractivity contribution in [2.45, 2.75) is 33.6 Å². The van der Waals surface area contributed by atoms with Crippen LogP contribution in [0.5, 0.6) is 0 Å². The number of hydrogen-bond acceptors (Lipinski definition) is 2. The minimum Gasteiger partial charge on any atom is -0.320 e. The van der Waals surface area contributed by atoms with Crippen molar-refractivity contribution in [3.05, 3.63) is 86.7 Å². The molecule has 0 spiro atoms. The second-order valence-corrected chi connectivity index (χ2v) is 8.42. The number of carbonyl (C=O) groups excluding carboxylic acids is 1. The van der Waals surface area contributed by atoms with Crippen LogP contribution in [0.25, 0.3) is 11.8 Å². The Labute approximate surface area is 192 Å². The van der Waals surface area contributed by atoms with Crippen molar-refractivity contribution in [1.29, 1.82) is 5.26 Å². The van der Waals surface area contributed by atoms with Crippen LogP contribution in [0.4, 0.5) is 5.69 Å². The lowest BCUT2D eigenvalue weighted by Gasteiger charge is -2.12. The van der Waals surface area contributed by atoms with Gasteiger partial charge in [0.15, 0.2) is 0 Å². The maximum Gasteiger partial charge on any atom is 0.266 e. The lowest BCUT2D eigenvalue weighted by molar-refractivity contribution is -0.112. The summed E-state index contributed by atoms with van der Waals surface area (Å²) in [6, 6.07) is 17.3. The molecule has 0 saturated carbocycles. The van der Waals surface area contributed by atoms with Gasteiger partial charge < -0.3 is 9.88 Å². The monoisotopic (exact) mass is 451 g/mol. The van der Waals surface area contributed by atoms with Gasteiger partial charge >= 0.3 is 0 Å². The predicted octanol–water partition coefficient (Wildman–Crippen LogP) is 7.07. The quantitative estimate of drug-likeness (QED) is 0.333. The van der Waals surface area contributed by atoms with Crippen LogP contribution in [0, 0.1) is 25.2 Å².